The summed E-state index contributed by atoms with van der Waals surface area (Å²) in [6.07, 6.45) is 2.97. The second-order valence-corrected chi connectivity index (χ2v) is 7.88. The highest BCUT2D eigenvalue weighted by Gasteiger charge is 2.25. The maximum absolute atomic E-state index is 11.8. The van der Waals surface area contributed by atoms with Gasteiger partial charge in [-0.05, 0) is 30.5 Å². The molecule has 0 aliphatic carbocycles. The van der Waals surface area contributed by atoms with Crippen LogP contribution in [-0.2, 0) is 16.1 Å². The third kappa shape index (κ3) is 5.92. The summed E-state index contributed by atoms with van der Waals surface area (Å²) in [7, 11) is 0. The SMILES string of the molecule is O=C(CCCCCN1C(=O)CSC1=S)NCc1ccc(Cl)cc1Cl. The van der Waals surface area contributed by atoms with Crippen LogP contribution in [0.25, 0.3) is 0 Å². The molecule has 1 saturated heterocycles. The fraction of sp³-hybridized carbons (Fsp3) is 0.438. The van der Waals surface area contributed by atoms with Crippen molar-refractivity contribution in [3.05, 3.63) is 33.8 Å². The Morgan fingerprint density at radius 2 is 2.08 bits per heavy atom. The van der Waals surface area contributed by atoms with E-state index in [1.54, 1.807) is 23.1 Å². The van der Waals surface area contributed by atoms with Crippen molar-refractivity contribution in [1.29, 1.82) is 0 Å². The van der Waals surface area contributed by atoms with Gasteiger partial charge in [-0.2, -0.15) is 0 Å². The normalized spacial score (nSPS) is 14.3. The van der Waals surface area contributed by atoms with E-state index in [9.17, 15) is 9.59 Å². The van der Waals surface area contributed by atoms with Crippen molar-refractivity contribution >= 4 is 63.3 Å². The summed E-state index contributed by atoms with van der Waals surface area (Å²) >= 11 is 18.4. The minimum absolute atomic E-state index is 0.00987. The Bertz CT molecular complexity index is 625. The van der Waals surface area contributed by atoms with Crippen LogP contribution in [-0.4, -0.2) is 33.3 Å². The topological polar surface area (TPSA) is 49.4 Å². The number of thiocarbonyl (C=S) groups is 1. The molecule has 0 atom stereocenters. The predicted molar refractivity (Wildman–Crippen MR) is 104 cm³/mol. The van der Waals surface area contributed by atoms with Gasteiger partial charge in [0, 0.05) is 29.6 Å². The van der Waals surface area contributed by atoms with Crippen LogP contribution < -0.4 is 5.32 Å². The Morgan fingerprint density at radius 1 is 1.29 bits per heavy atom. The van der Waals surface area contributed by atoms with Gasteiger partial charge >= 0.3 is 0 Å². The van der Waals surface area contributed by atoms with Crippen LogP contribution in [0.3, 0.4) is 0 Å². The lowest BCUT2D eigenvalue weighted by Crippen LogP contribution is -2.29. The van der Waals surface area contributed by atoms with Crippen LogP contribution >= 0.6 is 47.2 Å². The summed E-state index contributed by atoms with van der Waals surface area (Å²) in [4.78, 5) is 25.1. The number of unbranched alkanes of at least 4 members (excludes halogenated alkanes) is 2. The minimum atomic E-state index is -0.00987. The van der Waals surface area contributed by atoms with Gasteiger partial charge in [-0.15, -0.1) is 0 Å². The molecule has 1 N–H and O–H groups in total. The van der Waals surface area contributed by atoms with Gasteiger partial charge in [0.05, 0.1) is 5.75 Å². The number of carbonyl (C=O) groups excluding carboxylic acids is 2. The average Bonchev–Trinajstić information content (AvgIpc) is 2.85. The first kappa shape index (κ1) is 19.5. The molecule has 0 radical (unpaired) electrons. The molecule has 1 aliphatic heterocycles. The smallest absolute Gasteiger partial charge is 0.238 e. The standard InChI is InChI=1S/C16H18Cl2N2O2S2/c17-12-6-5-11(13(18)8-12)9-19-14(21)4-2-1-3-7-20-15(22)10-24-16(20)23/h5-6,8H,1-4,7,9-10H2,(H,19,21). The molecule has 24 heavy (non-hydrogen) atoms. The summed E-state index contributed by atoms with van der Waals surface area (Å²) < 4.78 is 0.664. The number of hydrogen-bond acceptors (Lipinski definition) is 4. The van der Waals surface area contributed by atoms with Crippen molar-refractivity contribution in [2.24, 2.45) is 0 Å². The van der Waals surface area contributed by atoms with E-state index in [2.05, 4.69) is 5.32 Å². The Labute approximate surface area is 161 Å². The zero-order valence-corrected chi connectivity index (χ0v) is 16.2. The first-order chi connectivity index (χ1) is 11.5. The van der Waals surface area contributed by atoms with Gasteiger partial charge in [0.15, 0.2) is 0 Å². The van der Waals surface area contributed by atoms with E-state index in [1.807, 2.05) is 0 Å². The molecule has 1 aromatic carbocycles. The van der Waals surface area contributed by atoms with Crippen molar-refractivity contribution in [3.63, 3.8) is 0 Å². The number of nitrogens with zero attached hydrogens (tertiary/aromatic N) is 1. The van der Waals surface area contributed by atoms with E-state index in [0.29, 0.717) is 39.6 Å². The van der Waals surface area contributed by atoms with Crippen LogP contribution in [0.4, 0.5) is 0 Å². The number of amides is 2. The fourth-order valence-corrected chi connectivity index (χ4v) is 3.87. The van der Waals surface area contributed by atoms with Gasteiger partial charge in [0.2, 0.25) is 11.8 Å². The number of halogens is 2. The minimum Gasteiger partial charge on any atom is -0.352 e. The number of benzene rings is 1. The molecule has 1 heterocycles. The Morgan fingerprint density at radius 3 is 2.75 bits per heavy atom. The monoisotopic (exact) mass is 404 g/mol. The van der Waals surface area contributed by atoms with Crippen molar-refractivity contribution in [1.82, 2.24) is 10.2 Å². The molecule has 0 bridgehead atoms. The van der Waals surface area contributed by atoms with Crippen molar-refractivity contribution in [2.45, 2.75) is 32.2 Å². The second-order valence-electron chi connectivity index (χ2n) is 5.42. The largest absolute Gasteiger partial charge is 0.352 e. The van der Waals surface area contributed by atoms with E-state index >= 15 is 0 Å². The summed E-state index contributed by atoms with van der Waals surface area (Å²) in [5.74, 6) is 0.529. The zero-order valence-electron chi connectivity index (χ0n) is 13.0. The van der Waals surface area contributed by atoms with Gasteiger partial charge in [-0.1, -0.05) is 59.7 Å². The van der Waals surface area contributed by atoms with Crippen molar-refractivity contribution in [2.75, 3.05) is 12.3 Å². The first-order valence-corrected chi connectivity index (χ1v) is 9.80. The van der Waals surface area contributed by atoms with Crippen LogP contribution in [0.5, 0.6) is 0 Å². The third-order valence-electron chi connectivity index (χ3n) is 3.62. The first-order valence-electron chi connectivity index (χ1n) is 7.65. The quantitative estimate of drug-likeness (QED) is 0.524. The van der Waals surface area contributed by atoms with Crippen molar-refractivity contribution < 1.29 is 9.59 Å². The van der Waals surface area contributed by atoms with Gasteiger partial charge in [0.25, 0.3) is 0 Å². The molecular formula is C16H18Cl2N2O2S2. The number of carbonyl (C=O) groups is 2. The van der Waals surface area contributed by atoms with Gasteiger partial charge in [0.1, 0.15) is 4.32 Å². The van der Waals surface area contributed by atoms with E-state index in [-0.39, 0.29) is 11.8 Å². The van der Waals surface area contributed by atoms with Gasteiger partial charge in [-0.25, -0.2) is 0 Å². The van der Waals surface area contributed by atoms with Gasteiger partial charge in [-0.3, -0.25) is 14.5 Å². The molecule has 1 aromatic rings. The summed E-state index contributed by atoms with van der Waals surface area (Å²) in [6.45, 7) is 1.04. The lowest BCUT2D eigenvalue weighted by atomic mass is 10.1. The maximum Gasteiger partial charge on any atom is 0.238 e. The van der Waals surface area contributed by atoms with E-state index in [4.69, 9.17) is 35.4 Å². The van der Waals surface area contributed by atoms with E-state index in [1.165, 1.54) is 11.8 Å². The highest BCUT2D eigenvalue weighted by Crippen LogP contribution is 2.21. The molecule has 1 aliphatic rings. The third-order valence-corrected chi connectivity index (χ3v) is 5.64. The summed E-state index contributed by atoms with van der Waals surface area (Å²) in [6, 6.07) is 5.21. The Hall–Kier alpha value is -0.820. The summed E-state index contributed by atoms with van der Waals surface area (Å²) in [5.41, 5.74) is 0.841. The number of nitrogens with one attached hydrogen (secondary N) is 1. The lowest BCUT2D eigenvalue weighted by molar-refractivity contribution is -0.124. The second kappa shape index (κ2) is 9.61. The highest BCUT2D eigenvalue weighted by molar-refractivity contribution is 8.23. The maximum atomic E-state index is 11.8. The van der Waals surface area contributed by atoms with E-state index in [0.717, 1.165) is 24.8 Å². The van der Waals surface area contributed by atoms with Crippen molar-refractivity contribution in [3.8, 4) is 0 Å². The molecule has 0 aromatic heterocycles. The number of rotatable bonds is 8. The van der Waals surface area contributed by atoms with Crippen LogP contribution in [0, 0.1) is 0 Å². The average molecular weight is 405 g/mol. The molecule has 2 amide bonds. The van der Waals surface area contributed by atoms with E-state index < -0.39 is 0 Å². The highest BCUT2D eigenvalue weighted by atomic mass is 35.5. The fourth-order valence-electron chi connectivity index (χ4n) is 2.28. The molecule has 8 heteroatoms. The Balaban J connectivity index is 1.60. The van der Waals surface area contributed by atoms with Crippen LogP contribution in [0.15, 0.2) is 18.2 Å². The molecule has 0 saturated carbocycles. The molecule has 4 nitrogen and oxygen atoms in total. The van der Waals surface area contributed by atoms with Crippen LogP contribution in [0.1, 0.15) is 31.2 Å². The molecule has 0 spiro atoms. The molecular weight excluding hydrogens is 387 g/mol. The molecule has 0 unspecified atom stereocenters. The number of thioether (sulfide) groups is 1. The summed E-state index contributed by atoms with van der Waals surface area (Å²) in [5, 5.41) is 3.97. The predicted octanol–water partition coefficient (Wildman–Crippen LogP) is 4.03. The number of hydrogen-bond donors (Lipinski definition) is 1. The zero-order chi connectivity index (χ0) is 17.5. The molecule has 2 rings (SSSR count). The van der Waals surface area contributed by atoms with Crippen LogP contribution in [0.2, 0.25) is 10.0 Å². The Kier molecular flexibility index (Phi) is 7.81. The molecule has 1 fully saturated rings. The lowest BCUT2D eigenvalue weighted by Gasteiger charge is -2.14. The van der Waals surface area contributed by atoms with Gasteiger partial charge < -0.3 is 5.32 Å². The molecule has 130 valence electrons.